The van der Waals surface area contributed by atoms with Gasteiger partial charge in [0.15, 0.2) is 5.88 Å². The van der Waals surface area contributed by atoms with Crippen LogP contribution in [0.3, 0.4) is 0 Å². The first-order valence-corrected chi connectivity index (χ1v) is 11.9. The third-order valence-electron chi connectivity index (χ3n) is 6.46. The second-order valence-electron chi connectivity index (χ2n) is 8.92. The molecule has 8 heteroatoms. The number of nitrogens with zero attached hydrogens (tertiary/aromatic N) is 4. The van der Waals surface area contributed by atoms with Crippen molar-refractivity contribution in [3.05, 3.63) is 41.7 Å². The number of aromatic amines is 1. The van der Waals surface area contributed by atoms with Crippen LogP contribution in [-0.4, -0.2) is 62.1 Å². The maximum Gasteiger partial charge on any atom is 0.251 e. The molecule has 1 amide bonds. The minimum atomic E-state index is -0.134. The first-order valence-electron chi connectivity index (χ1n) is 11.9. The number of piperidine rings is 1. The molecule has 3 heterocycles. The first kappa shape index (κ1) is 23.0. The van der Waals surface area contributed by atoms with Gasteiger partial charge in [0.1, 0.15) is 5.69 Å². The van der Waals surface area contributed by atoms with E-state index in [1.807, 2.05) is 36.9 Å². The van der Waals surface area contributed by atoms with Crippen molar-refractivity contribution in [2.75, 3.05) is 19.6 Å². The lowest BCUT2D eigenvalue weighted by atomic mass is 10.0. The average molecular weight is 451 g/mol. The second-order valence-corrected chi connectivity index (χ2v) is 8.92. The van der Waals surface area contributed by atoms with Crippen LogP contribution in [0, 0.1) is 0 Å². The van der Waals surface area contributed by atoms with E-state index in [1.165, 1.54) is 0 Å². The zero-order valence-corrected chi connectivity index (χ0v) is 19.9. The number of carbonyl (C=O) groups is 1. The van der Waals surface area contributed by atoms with Crippen LogP contribution >= 0.6 is 0 Å². The van der Waals surface area contributed by atoms with Crippen LogP contribution in [0.25, 0.3) is 10.9 Å². The minimum Gasteiger partial charge on any atom is -0.494 e. The fourth-order valence-electron chi connectivity index (χ4n) is 4.59. The molecule has 4 rings (SSSR count). The summed E-state index contributed by atoms with van der Waals surface area (Å²) in [5, 5.41) is 18.9. The number of aliphatic imine (C=N–C) groups is 1. The van der Waals surface area contributed by atoms with Crippen LogP contribution in [0.4, 0.5) is 5.69 Å². The molecule has 1 aliphatic rings. The Labute approximate surface area is 194 Å². The lowest BCUT2D eigenvalue weighted by Gasteiger charge is -2.34. The number of nitrogens with one attached hydrogen (secondary N) is 2. The van der Waals surface area contributed by atoms with Gasteiger partial charge in [0.25, 0.3) is 5.91 Å². The van der Waals surface area contributed by atoms with E-state index in [0.29, 0.717) is 36.2 Å². The van der Waals surface area contributed by atoms with Crippen LogP contribution in [-0.2, 0) is 0 Å². The van der Waals surface area contributed by atoms with Gasteiger partial charge in [-0.15, -0.1) is 0 Å². The highest BCUT2D eigenvalue weighted by molar-refractivity contribution is 6.14. The molecule has 0 aliphatic carbocycles. The number of aromatic nitrogens is 3. The molecule has 3 aromatic rings. The molecule has 1 fully saturated rings. The molecule has 0 bridgehead atoms. The Balaban J connectivity index is 1.61. The number of rotatable bonds is 7. The van der Waals surface area contributed by atoms with Crippen molar-refractivity contribution in [1.82, 2.24) is 25.0 Å². The predicted molar refractivity (Wildman–Crippen MR) is 132 cm³/mol. The Hall–Kier alpha value is -3.13. The standard InChI is InChI=1S/C25H34N6O2/c1-5-21(23-20-13-17(24(32)26-6-2)7-8-22(20)29-25(23)33)28-18-14-27-31(15-18)19-9-11-30(12-10-19)16(3)4/h7-8,13-16,19,29,33H,5-6,9-12H2,1-4H3,(H,26,32). The fourth-order valence-corrected chi connectivity index (χ4v) is 4.59. The molecule has 0 spiro atoms. The summed E-state index contributed by atoms with van der Waals surface area (Å²) in [7, 11) is 0. The number of likely N-dealkylation sites (tertiary alicyclic amines) is 1. The summed E-state index contributed by atoms with van der Waals surface area (Å²) in [6.07, 6.45) is 6.57. The Kier molecular flexibility index (Phi) is 6.83. The highest BCUT2D eigenvalue weighted by Gasteiger charge is 2.23. The zero-order valence-electron chi connectivity index (χ0n) is 19.9. The molecule has 3 N–H and O–H groups in total. The van der Waals surface area contributed by atoms with Crippen molar-refractivity contribution in [1.29, 1.82) is 0 Å². The molecule has 0 atom stereocenters. The van der Waals surface area contributed by atoms with Gasteiger partial charge in [-0.25, -0.2) is 4.99 Å². The van der Waals surface area contributed by atoms with Crippen LogP contribution in [0.2, 0.25) is 0 Å². The van der Waals surface area contributed by atoms with Gasteiger partial charge in [-0.2, -0.15) is 5.10 Å². The monoisotopic (exact) mass is 450 g/mol. The van der Waals surface area contributed by atoms with Gasteiger partial charge in [-0.3, -0.25) is 9.48 Å². The third-order valence-corrected chi connectivity index (χ3v) is 6.46. The summed E-state index contributed by atoms with van der Waals surface area (Å²) >= 11 is 0. The molecule has 33 heavy (non-hydrogen) atoms. The van der Waals surface area contributed by atoms with Crippen molar-refractivity contribution in [3.63, 3.8) is 0 Å². The van der Waals surface area contributed by atoms with Crippen molar-refractivity contribution < 1.29 is 9.90 Å². The molecule has 0 saturated carbocycles. The van der Waals surface area contributed by atoms with Gasteiger partial charge in [-0.05, 0) is 58.2 Å². The van der Waals surface area contributed by atoms with Gasteiger partial charge in [0, 0.05) is 42.1 Å². The molecule has 0 unspecified atom stereocenters. The number of hydrogen-bond donors (Lipinski definition) is 3. The number of hydrogen-bond acceptors (Lipinski definition) is 5. The number of benzene rings is 1. The summed E-state index contributed by atoms with van der Waals surface area (Å²) in [6.45, 7) is 11.1. The van der Waals surface area contributed by atoms with Gasteiger partial charge in [0.05, 0.1) is 29.7 Å². The Morgan fingerprint density at radius 3 is 2.73 bits per heavy atom. The highest BCUT2D eigenvalue weighted by Crippen LogP contribution is 2.31. The van der Waals surface area contributed by atoms with Gasteiger partial charge >= 0.3 is 0 Å². The predicted octanol–water partition coefficient (Wildman–Crippen LogP) is 4.40. The highest BCUT2D eigenvalue weighted by atomic mass is 16.3. The molecule has 1 aromatic carbocycles. The number of carbonyl (C=O) groups excluding carboxylic acids is 1. The topological polar surface area (TPSA) is 98.5 Å². The summed E-state index contributed by atoms with van der Waals surface area (Å²) in [5.41, 5.74) is 3.48. The van der Waals surface area contributed by atoms with E-state index in [0.717, 1.165) is 48.2 Å². The number of fused-ring (bicyclic) bond motifs is 1. The first-order chi connectivity index (χ1) is 15.9. The SMILES string of the molecule is CCNC(=O)c1ccc2[nH]c(O)c(C(CC)=Nc3cnn(C4CCN(C(C)C)CC4)c3)c2c1. The Bertz CT molecular complexity index is 1150. The number of amides is 1. The van der Waals surface area contributed by atoms with E-state index in [-0.39, 0.29) is 11.8 Å². The second kappa shape index (κ2) is 9.79. The van der Waals surface area contributed by atoms with Gasteiger partial charge in [0.2, 0.25) is 0 Å². The van der Waals surface area contributed by atoms with E-state index in [9.17, 15) is 9.90 Å². The number of aromatic hydroxyl groups is 1. The molecule has 1 aliphatic heterocycles. The van der Waals surface area contributed by atoms with Crippen LogP contribution < -0.4 is 5.32 Å². The van der Waals surface area contributed by atoms with E-state index in [1.54, 1.807) is 12.3 Å². The zero-order chi connectivity index (χ0) is 23.5. The number of H-pyrrole nitrogens is 1. The summed E-state index contributed by atoms with van der Waals surface area (Å²) in [6, 6.07) is 6.34. The Morgan fingerprint density at radius 2 is 2.06 bits per heavy atom. The van der Waals surface area contributed by atoms with E-state index < -0.39 is 0 Å². The summed E-state index contributed by atoms with van der Waals surface area (Å²) in [4.78, 5) is 22.7. The molecule has 0 radical (unpaired) electrons. The average Bonchev–Trinajstić information content (AvgIpc) is 3.41. The quantitative estimate of drug-likeness (QED) is 0.465. The van der Waals surface area contributed by atoms with Crippen molar-refractivity contribution >= 4 is 28.2 Å². The van der Waals surface area contributed by atoms with Crippen molar-refractivity contribution in [3.8, 4) is 5.88 Å². The lowest BCUT2D eigenvalue weighted by molar-refractivity contribution is 0.0956. The van der Waals surface area contributed by atoms with Crippen molar-refractivity contribution in [2.24, 2.45) is 4.99 Å². The van der Waals surface area contributed by atoms with E-state index >= 15 is 0 Å². The maximum atomic E-state index is 12.3. The van der Waals surface area contributed by atoms with E-state index in [4.69, 9.17) is 4.99 Å². The smallest absolute Gasteiger partial charge is 0.251 e. The molecule has 2 aromatic heterocycles. The Morgan fingerprint density at radius 1 is 1.30 bits per heavy atom. The molecular formula is C25H34N6O2. The van der Waals surface area contributed by atoms with Crippen molar-refractivity contribution in [2.45, 2.75) is 59.0 Å². The maximum absolute atomic E-state index is 12.3. The lowest BCUT2D eigenvalue weighted by Crippen LogP contribution is -2.39. The molecular weight excluding hydrogens is 416 g/mol. The third kappa shape index (κ3) is 4.80. The molecule has 1 saturated heterocycles. The normalized spacial score (nSPS) is 16.1. The van der Waals surface area contributed by atoms with Crippen LogP contribution in [0.15, 0.2) is 35.6 Å². The summed E-state index contributed by atoms with van der Waals surface area (Å²) in [5.74, 6) is -0.0714. The van der Waals surface area contributed by atoms with Crippen LogP contribution in [0.1, 0.15) is 68.9 Å². The van der Waals surface area contributed by atoms with Gasteiger partial charge in [-0.1, -0.05) is 6.92 Å². The molecule has 8 nitrogen and oxygen atoms in total. The van der Waals surface area contributed by atoms with Gasteiger partial charge < -0.3 is 20.3 Å². The minimum absolute atomic E-state index is 0.0621. The van der Waals surface area contributed by atoms with Crippen LogP contribution in [0.5, 0.6) is 5.88 Å². The molecule has 176 valence electrons. The largest absolute Gasteiger partial charge is 0.494 e. The fraction of sp³-hybridized carbons (Fsp3) is 0.480. The van der Waals surface area contributed by atoms with E-state index in [2.05, 4.69) is 34.1 Å². The summed E-state index contributed by atoms with van der Waals surface area (Å²) < 4.78 is 2.03.